The minimum atomic E-state index is -1.76. The molecule has 0 spiro atoms. The van der Waals surface area contributed by atoms with E-state index in [0.29, 0.717) is 59.5 Å². The number of aryl methyl sites for hydroxylation is 1. The second-order valence-electron chi connectivity index (χ2n) is 12.6. The molecule has 12 heteroatoms. The van der Waals surface area contributed by atoms with Gasteiger partial charge in [0.15, 0.2) is 5.67 Å². The molecule has 230 valence electrons. The number of pyridine rings is 1. The average Bonchev–Trinajstić information content (AvgIpc) is 2.95. The van der Waals surface area contributed by atoms with E-state index in [-0.39, 0.29) is 43.6 Å². The normalized spacial score (nSPS) is 17.1. The molecular formula is C31H39FN6O5. The van der Waals surface area contributed by atoms with Crippen LogP contribution in [0.4, 0.5) is 15.0 Å². The topological polar surface area (TPSA) is 130 Å². The first-order chi connectivity index (χ1) is 20.3. The monoisotopic (exact) mass is 594 g/mol. The minimum Gasteiger partial charge on any atom is -0.444 e. The van der Waals surface area contributed by atoms with Crippen molar-refractivity contribution < 1.29 is 23.8 Å². The number of carbonyl (C=O) groups excluding carboxylic acids is 2. The maximum atomic E-state index is 15.9. The summed E-state index contributed by atoms with van der Waals surface area (Å²) >= 11 is 0. The van der Waals surface area contributed by atoms with Crippen molar-refractivity contribution in [2.75, 3.05) is 31.5 Å². The van der Waals surface area contributed by atoms with Crippen molar-refractivity contribution in [2.45, 2.75) is 70.9 Å². The molecule has 2 saturated heterocycles. The third kappa shape index (κ3) is 6.34. The van der Waals surface area contributed by atoms with Crippen molar-refractivity contribution in [3.8, 4) is 0 Å². The number of alkyl halides is 1. The maximum absolute atomic E-state index is 15.9. The molecule has 2 amide bonds. The zero-order valence-electron chi connectivity index (χ0n) is 25.3. The van der Waals surface area contributed by atoms with Gasteiger partial charge in [0.05, 0.1) is 25.1 Å². The zero-order chi connectivity index (χ0) is 31.1. The van der Waals surface area contributed by atoms with Crippen LogP contribution in [0.1, 0.15) is 68.7 Å². The first-order valence-electron chi connectivity index (χ1n) is 14.5. The number of anilines is 1. The third-order valence-electron chi connectivity index (χ3n) is 8.16. The molecule has 43 heavy (non-hydrogen) atoms. The number of rotatable bonds is 6. The fraction of sp³-hybridized carbons (Fsp3) is 0.516. The van der Waals surface area contributed by atoms with E-state index in [0.717, 1.165) is 5.56 Å². The molecule has 4 heterocycles. The summed E-state index contributed by atoms with van der Waals surface area (Å²) in [4.78, 5) is 49.3. The Kier molecular flexibility index (Phi) is 8.17. The molecule has 0 atom stereocenters. The van der Waals surface area contributed by atoms with Gasteiger partial charge < -0.3 is 25.0 Å². The number of nitrogens with zero attached hydrogens (tertiary/aromatic N) is 5. The number of aliphatic hydroxyl groups excluding tert-OH is 1. The largest absolute Gasteiger partial charge is 0.444 e. The van der Waals surface area contributed by atoms with Crippen molar-refractivity contribution in [1.29, 1.82) is 0 Å². The molecule has 2 aromatic heterocycles. The summed E-state index contributed by atoms with van der Waals surface area (Å²) in [5, 5.41) is 13.9. The number of aliphatic hydroxyl groups is 1. The predicted octanol–water partition coefficient (Wildman–Crippen LogP) is 3.57. The van der Waals surface area contributed by atoms with E-state index in [1.165, 1.54) is 15.8 Å². The highest BCUT2D eigenvalue weighted by molar-refractivity contribution is 5.87. The third-order valence-corrected chi connectivity index (χ3v) is 8.16. The molecule has 0 saturated carbocycles. The van der Waals surface area contributed by atoms with Crippen LogP contribution < -0.4 is 10.9 Å². The van der Waals surface area contributed by atoms with Crippen molar-refractivity contribution in [3.05, 3.63) is 63.2 Å². The summed E-state index contributed by atoms with van der Waals surface area (Å²) in [5.41, 5.74) is 0.253. The number of aromatic nitrogens is 3. The van der Waals surface area contributed by atoms with E-state index >= 15 is 4.39 Å². The van der Waals surface area contributed by atoms with Crippen molar-refractivity contribution in [3.63, 3.8) is 0 Å². The van der Waals surface area contributed by atoms with Crippen LogP contribution in [0, 0.1) is 0 Å². The van der Waals surface area contributed by atoms with Gasteiger partial charge in [-0.2, -0.15) is 0 Å². The number of likely N-dealkylation sites (tertiary alicyclic amines) is 2. The minimum absolute atomic E-state index is 0.0130. The summed E-state index contributed by atoms with van der Waals surface area (Å²) in [6.07, 6.45) is 2.23. The zero-order valence-corrected chi connectivity index (χ0v) is 25.3. The molecule has 0 unspecified atom stereocenters. The smallest absolute Gasteiger partial charge is 0.410 e. The second kappa shape index (κ2) is 11.6. The Labute approximate surface area is 249 Å². The average molecular weight is 595 g/mol. The Hall–Kier alpha value is -4.06. The number of fused-ring (bicyclic) bond motifs is 1. The number of hydrogen-bond acceptors (Lipinski definition) is 8. The van der Waals surface area contributed by atoms with Crippen LogP contribution in [0.25, 0.3) is 11.0 Å². The number of nitrogens with one attached hydrogen (secondary N) is 1. The molecular weight excluding hydrogens is 555 g/mol. The van der Waals surface area contributed by atoms with Gasteiger partial charge in [-0.15, -0.1) is 0 Å². The number of ether oxygens (including phenoxy) is 1. The number of hydrogen-bond donors (Lipinski definition) is 2. The van der Waals surface area contributed by atoms with Gasteiger partial charge in [0.1, 0.15) is 23.4 Å². The molecule has 2 N–H and O–H groups in total. The molecule has 5 rings (SSSR count). The van der Waals surface area contributed by atoms with Crippen LogP contribution in [0.15, 0.2) is 35.4 Å². The number of carbonyl (C=O) groups is 2. The summed E-state index contributed by atoms with van der Waals surface area (Å²) in [7, 11) is 1.69. The molecule has 0 bridgehead atoms. The van der Waals surface area contributed by atoms with Crippen LogP contribution in [0.5, 0.6) is 0 Å². The fourth-order valence-electron chi connectivity index (χ4n) is 5.83. The first-order valence-corrected chi connectivity index (χ1v) is 14.5. The Morgan fingerprint density at radius 1 is 1.09 bits per heavy atom. The van der Waals surface area contributed by atoms with E-state index < -0.39 is 17.4 Å². The maximum Gasteiger partial charge on any atom is 0.410 e. The lowest BCUT2D eigenvalue weighted by molar-refractivity contribution is -0.129. The molecule has 2 aliphatic heterocycles. The van der Waals surface area contributed by atoms with Gasteiger partial charge in [-0.05, 0) is 62.3 Å². The van der Waals surface area contributed by atoms with Crippen LogP contribution >= 0.6 is 0 Å². The number of piperidine rings is 1. The standard InChI is InChI=1S/C31H39FN6O5/c1-19(40)37-8-6-22(7-9-37)24-13-25-26(34-18-35-27(25)36(5)28(24)41)33-14-20-10-21(15-39)12-23(11-20)31(32)16-38(17-31)29(42)43-30(2,3)4/h10-13,18,22,39H,6-9,14-17H2,1-5H3,(H,33,34,35). The van der Waals surface area contributed by atoms with E-state index in [1.54, 1.807) is 57.8 Å². The highest BCUT2D eigenvalue weighted by Crippen LogP contribution is 2.38. The van der Waals surface area contributed by atoms with Gasteiger partial charge in [-0.25, -0.2) is 19.2 Å². The molecule has 1 aromatic carbocycles. The Morgan fingerprint density at radius 2 is 1.77 bits per heavy atom. The van der Waals surface area contributed by atoms with E-state index in [2.05, 4.69) is 15.3 Å². The van der Waals surface area contributed by atoms with E-state index in [4.69, 9.17) is 4.74 Å². The Bertz CT molecular complexity index is 1600. The fourth-order valence-corrected chi connectivity index (χ4v) is 5.83. The van der Waals surface area contributed by atoms with Gasteiger partial charge in [0, 0.05) is 39.2 Å². The van der Waals surface area contributed by atoms with E-state index in [9.17, 15) is 19.5 Å². The lowest BCUT2D eigenvalue weighted by atomic mass is 9.86. The number of amides is 2. The van der Waals surface area contributed by atoms with Crippen LogP contribution in [0.2, 0.25) is 0 Å². The van der Waals surface area contributed by atoms with Crippen molar-refractivity contribution >= 4 is 28.9 Å². The van der Waals surface area contributed by atoms with Gasteiger partial charge in [0.25, 0.3) is 5.56 Å². The van der Waals surface area contributed by atoms with Crippen LogP contribution in [-0.2, 0) is 35.4 Å². The molecule has 11 nitrogen and oxygen atoms in total. The summed E-state index contributed by atoms with van der Waals surface area (Å²) in [5.74, 6) is 0.572. The van der Waals surface area contributed by atoms with Crippen LogP contribution in [0.3, 0.4) is 0 Å². The van der Waals surface area contributed by atoms with Crippen LogP contribution in [-0.4, -0.2) is 73.2 Å². The molecule has 0 aliphatic carbocycles. The lowest BCUT2D eigenvalue weighted by Crippen LogP contribution is -2.59. The van der Waals surface area contributed by atoms with Gasteiger partial charge in [-0.3, -0.25) is 14.2 Å². The highest BCUT2D eigenvalue weighted by Gasteiger charge is 2.48. The van der Waals surface area contributed by atoms with Gasteiger partial charge >= 0.3 is 6.09 Å². The van der Waals surface area contributed by atoms with Crippen molar-refractivity contribution in [2.24, 2.45) is 7.05 Å². The summed E-state index contributed by atoms with van der Waals surface area (Å²) < 4.78 is 22.8. The molecule has 2 aliphatic rings. The molecule has 0 radical (unpaired) electrons. The SMILES string of the molecule is CC(=O)N1CCC(c2cc3c(NCc4cc(CO)cc(C5(F)CN(C(=O)OC(C)(C)C)C5)c4)ncnc3n(C)c2=O)CC1. The first kappa shape index (κ1) is 30.4. The Morgan fingerprint density at radius 3 is 2.40 bits per heavy atom. The molecule has 2 fully saturated rings. The predicted molar refractivity (Wildman–Crippen MR) is 159 cm³/mol. The quantitative estimate of drug-likeness (QED) is 0.443. The Balaban J connectivity index is 1.37. The lowest BCUT2D eigenvalue weighted by Gasteiger charge is -2.44. The van der Waals surface area contributed by atoms with Gasteiger partial charge in [0.2, 0.25) is 5.91 Å². The summed E-state index contributed by atoms with van der Waals surface area (Å²) in [6, 6.07) is 6.98. The van der Waals surface area contributed by atoms with Crippen molar-refractivity contribution in [1.82, 2.24) is 24.3 Å². The second-order valence-corrected chi connectivity index (χ2v) is 12.6. The van der Waals surface area contributed by atoms with E-state index in [1.807, 2.05) is 6.07 Å². The van der Waals surface area contributed by atoms with Gasteiger partial charge in [-0.1, -0.05) is 18.2 Å². The molecule has 3 aromatic rings. The number of benzene rings is 1. The highest BCUT2D eigenvalue weighted by atomic mass is 19.1. The summed E-state index contributed by atoms with van der Waals surface area (Å²) in [6.45, 7) is 7.78. The number of halogens is 1.